The van der Waals surface area contributed by atoms with Gasteiger partial charge in [0.15, 0.2) is 5.76 Å². The van der Waals surface area contributed by atoms with Gasteiger partial charge in [-0.2, -0.15) is 5.10 Å². The predicted octanol–water partition coefficient (Wildman–Crippen LogP) is 3.15. The van der Waals surface area contributed by atoms with E-state index in [0.717, 1.165) is 41.9 Å². The lowest BCUT2D eigenvalue weighted by Crippen LogP contribution is -2.25. The monoisotopic (exact) mass is 349 g/mol. The van der Waals surface area contributed by atoms with E-state index in [0.29, 0.717) is 24.6 Å². The second-order valence-corrected chi connectivity index (χ2v) is 6.54. The molecule has 0 atom stereocenters. The van der Waals surface area contributed by atoms with Crippen LogP contribution in [0.1, 0.15) is 67.5 Å². The number of fused-ring (bicyclic) bond motifs is 1. The molecule has 2 rings (SSSR count). The molecule has 0 fully saturated rings. The molecule has 0 saturated carbocycles. The summed E-state index contributed by atoms with van der Waals surface area (Å²) >= 11 is 0. The zero-order valence-corrected chi connectivity index (χ0v) is 15.4. The Hall–Kier alpha value is -2.31. The second kappa shape index (κ2) is 8.69. The normalized spacial score (nSPS) is 15.2. The highest BCUT2D eigenvalue weighted by Gasteiger charge is 2.28. The van der Waals surface area contributed by atoms with E-state index in [1.807, 2.05) is 6.92 Å². The van der Waals surface area contributed by atoms with Gasteiger partial charge in [0.05, 0.1) is 12.3 Å². The number of amides is 2. The van der Waals surface area contributed by atoms with Gasteiger partial charge in [-0.05, 0) is 39.0 Å². The third-order valence-electron chi connectivity index (χ3n) is 4.10. The van der Waals surface area contributed by atoms with E-state index in [1.54, 1.807) is 6.92 Å². The van der Waals surface area contributed by atoms with E-state index < -0.39 is 6.09 Å². The molecule has 0 unspecified atom stereocenters. The molecule has 7 nitrogen and oxygen atoms in total. The van der Waals surface area contributed by atoms with E-state index in [4.69, 9.17) is 9.15 Å². The molecule has 0 aromatic carbocycles. The Bertz CT molecular complexity index is 662. The molecule has 1 aliphatic carbocycles. The lowest BCUT2D eigenvalue weighted by atomic mass is 9.93. The number of aryl methyl sites for hydroxylation is 1. The molecule has 7 heteroatoms. The minimum Gasteiger partial charge on any atom is -0.455 e. The molecule has 0 saturated heterocycles. The number of hydrogen-bond donors (Lipinski definition) is 2. The van der Waals surface area contributed by atoms with Crippen molar-refractivity contribution in [2.45, 2.75) is 53.4 Å². The summed E-state index contributed by atoms with van der Waals surface area (Å²) in [5.41, 5.74) is 4.71. The first-order valence-corrected chi connectivity index (χ1v) is 8.84. The molecule has 1 heterocycles. The number of carbonyl (C=O) groups is 2. The van der Waals surface area contributed by atoms with E-state index in [9.17, 15) is 9.59 Å². The molecule has 25 heavy (non-hydrogen) atoms. The van der Waals surface area contributed by atoms with Crippen LogP contribution in [0.2, 0.25) is 0 Å². The zero-order chi connectivity index (χ0) is 18.4. The Morgan fingerprint density at radius 3 is 2.76 bits per heavy atom. The third kappa shape index (κ3) is 4.84. The third-order valence-corrected chi connectivity index (χ3v) is 4.10. The first-order valence-electron chi connectivity index (χ1n) is 8.84. The van der Waals surface area contributed by atoms with Crippen LogP contribution in [0, 0.1) is 12.8 Å². The van der Waals surface area contributed by atoms with Crippen molar-refractivity contribution < 1.29 is 18.7 Å². The number of nitrogens with one attached hydrogen (secondary N) is 2. The van der Waals surface area contributed by atoms with Crippen molar-refractivity contribution >= 4 is 17.7 Å². The number of furan rings is 1. The zero-order valence-electron chi connectivity index (χ0n) is 15.4. The molecular formula is C18H27N3O4. The quantitative estimate of drug-likeness (QED) is 0.772. The first-order chi connectivity index (χ1) is 11.9. The Labute approximate surface area is 148 Å². The molecule has 2 amide bonds. The molecule has 1 aliphatic rings. The number of rotatable bonds is 6. The summed E-state index contributed by atoms with van der Waals surface area (Å²) in [6.45, 7) is 8.71. The fraction of sp³-hybridized carbons (Fsp3) is 0.611. The van der Waals surface area contributed by atoms with Crippen LogP contribution in [0.25, 0.3) is 0 Å². The minimum absolute atomic E-state index is 0.203. The average Bonchev–Trinajstić information content (AvgIpc) is 2.90. The number of hydrazone groups is 1. The molecular weight excluding hydrogens is 322 g/mol. The van der Waals surface area contributed by atoms with Crippen molar-refractivity contribution in [1.82, 2.24) is 10.7 Å². The fourth-order valence-corrected chi connectivity index (χ4v) is 2.83. The molecule has 1 aromatic rings. The van der Waals surface area contributed by atoms with Gasteiger partial charge in [0.1, 0.15) is 5.76 Å². The van der Waals surface area contributed by atoms with Crippen molar-refractivity contribution in [2.24, 2.45) is 11.0 Å². The van der Waals surface area contributed by atoms with Crippen LogP contribution in [0.3, 0.4) is 0 Å². The average molecular weight is 349 g/mol. The summed E-state index contributed by atoms with van der Waals surface area (Å²) in [5, 5.41) is 7.06. The standard InChI is InChI=1S/C18H27N3O4/c1-5-24-18(23)21-20-13-7-6-8-14-15(13)12(4)16(25-14)17(22)19-10-9-11(2)3/h11H,5-10H2,1-4H3,(H,19,22)(H,21,23)/b20-13+. The molecule has 0 bridgehead atoms. The topological polar surface area (TPSA) is 92.9 Å². The van der Waals surface area contributed by atoms with Crippen molar-refractivity contribution in [3.05, 3.63) is 22.6 Å². The van der Waals surface area contributed by atoms with Gasteiger partial charge in [-0.3, -0.25) is 4.79 Å². The van der Waals surface area contributed by atoms with Gasteiger partial charge in [0.2, 0.25) is 0 Å². The lowest BCUT2D eigenvalue weighted by Gasteiger charge is -2.13. The summed E-state index contributed by atoms with van der Waals surface area (Å²) < 4.78 is 10.6. The van der Waals surface area contributed by atoms with E-state index in [-0.39, 0.29) is 12.5 Å². The Kier molecular flexibility index (Phi) is 6.61. The minimum atomic E-state index is -0.588. The van der Waals surface area contributed by atoms with E-state index in [2.05, 4.69) is 29.7 Å². The maximum absolute atomic E-state index is 12.4. The summed E-state index contributed by atoms with van der Waals surface area (Å²) in [7, 11) is 0. The lowest BCUT2D eigenvalue weighted by molar-refractivity contribution is 0.0921. The maximum atomic E-state index is 12.4. The summed E-state index contributed by atoms with van der Waals surface area (Å²) in [6.07, 6.45) is 2.66. The largest absolute Gasteiger partial charge is 0.455 e. The van der Waals surface area contributed by atoms with Crippen molar-refractivity contribution in [3.63, 3.8) is 0 Å². The number of hydrogen-bond acceptors (Lipinski definition) is 5. The maximum Gasteiger partial charge on any atom is 0.427 e. The molecule has 138 valence electrons. The van der Waals surface area contributed by atoms with E-state index in [1.165, 1.54) is 0 Å². The van der Waals surface area contributed by atoms with Crippen LogP contribution < -0.4 is 10.7 Å². The molecule has 0 radical (unpaired) electrons. The number of carbonyl (C=O) groups excluding carboxylic acids is 2. The highest BCUT2D eigenvalue weighted by molar-refractivity contribution is 6.06. The highest BCUT2D eigenvalue weighted by atomic mass is 16.5. The number of nitrogens with zero attached hydrogens (tertiary/aromatic N) is 1. The van der Waals surface area contributed by atoms with Crippen molar-refractivity contribution in [3.8, 4) is 0 Å². The molecule has 0 spiro atoms. The highest BCUT2D eigenvalue weighted by Crippen LogP contribution is 2.29. The van der Waals surface area contributed by atoms with Crippen molar-refractivity contribution in [2.75, 3.05) is 13.2 Å². The smallest absolute Gasteiger partial charge is 0.427 e. The Morgan fingerprint density at radius 1 is 1.32 bits per heavy atom. The van der Waals surface area contributed by atoms with Gasteiger partial charge in [-0.25, -0.2) is 10.2 Å². The van der Waals surface area contributed by atoms with Crippen LogP contribution in [0.15, 0.2) is 9.52 Å². The van der Waals surface area contributed by atoms with Crippen molar-refractivity contribution in [1.29, 1.82) is 0 Å². The van der Waals surface area contributed by atoms with Gasteiger partial charge in [0.25, 0.3) is 5.91 Å². The van der Waals surface area contributed by atoms with Gasteiger partial charge in [-0.1, -0.05) is 13.8 Å². The van der Waals surface area contributed by atoms with E-state index >= 15 is 0 Å². The molecule has 1 aromatic heterocycles. The predicted molar refractivity (Wildman–Crippen MR) is 94.9 cm³/mol. The van der Waals surface area contributed by atoms with Gasteiger partial charge < -0.3 is 14.5 Å². The van der Waals surface area contributed by atoms with Crippen LogP contribution >= 0.6 is 0 Å². The summed E-state index contributed by atoms with van der Waals surface area (Å²) in [6, 6.07) is 0. The SMILES string of the molecule is CCOC(=O)N/N=C1\CCCc2oc(C(=O)NCCC(C)C)c(C)c21. The second-order valence-electron chi connectivity index (χ2n) is 6.54. The molecule has 2 N–H and O–H groups in total. The van der Waals surface area contributed by atoms with Gasteiger partial charge in [-0.15, -0.1) is 0 Å². The van der Waals surface area contributed by atoms with Crippen LogP contribution in [0.5, 0.6) is 0 Å². The van der Waals surface area contributed by atoms with Crippen LogP contribution in [0.4, 0.5) is 4.79 Å². The summed E-state index contributed by atoms with van der Waals surface area (Å²) in [4.78, 5) is 23.8. The van der Waals surface area contributed by atoms with Gasteiger partial charge in [0, 0.05) is 24.1 Å². The Balaban J connectivity index is 2.16. The molecule has 0 aliphatic heterocycles. The number of ether oxygens (including phenoxy) is 1. The summed E-state index contributed by atoms with van der Waals surface area (Å²) in [5.74, 6) is 1.41. The fourth-order valence-electron chi connectivity index (χ4n) is 2.83. The van der Waals surface area contributed by atoms with Gasteiger partial charge >= 0.3 is 6.09 Å². The van der Waals surface area contributed by atoms with Crippen LogP contribution in [-0.2, 0) is 11.2 Å². The Morgan fingerprint density at radius 2 is 2.08 bits per heavy atom. The van der Waals surface area contributed by atoms with Crippen LogP contribution in [-0.4, -0.2) is 30.9 Å². The first kappa shape index (κ1) is 19.0.